The van der Waals surface area contributed by atoms with Crippen LogP contribution < -0.4 is 20.7 Å². The van der Waals surface area contributed by atoms with E-state index >= 15 is 0 Å². The molecule has 4 N–H and O–H groups in total. The van der Waals surface area contributed by atoms with E-state index in [1.165, 1.54) is 42.5 Å². The van der Waals surface area contributed by atoms with Crippen LogP contribution in [0.25, 0.3) is 11.8 Å². The number of aromatic nitrogens is 4. The van der Waals surface area contributed by atoms with Crippen molar-refractivity contribution in [3.8, 4) is 11.8 Å². The van der Waals surface area contributed by atoms with E-state index < -0.39 is 48.3 Å². The molecule has 2 aromatic heterocycles. The molecule has 4 aromatic rings. The fraction of sp³-hybridized carbons (Fsp3) is 0.258. The lowest BCUT2D eigenvalue weighted by Gasteiger charge is -2.24. The molecule has 0 aliphatic rings. The summed E-state index contributed by atoms with van der Waals surface area (Å²) in [6, 6.07) is 11.7. The summed E-state index contributed by atoms with van der Waals surface area (Å²) in [5.41, 5.74) is 1.59. The summed E-state index contributed by atoms with van der Waals surface area (Å²) in [6.07, 6.45) is 2.85. The zero-order valence-corrected chi connectivity index (χ0v) is 25.1. The standard InChI is InChI=1S/C31H31FN8O6/c1-18-7-8-22(25(32)9-18)14-35-29(42)27(37-31(44)28(20(3)41)38-30(43)26-10-19(2)46-39-26)15-45-24-6-4-5-21(12-24)11-23(13-33)40-17-34-16-36-40/h4-12,16-17,20,27-28,41H,14-15H2,1-3H3,(H,35,42)(H,37,44)(H,38,43)/t20-,27?,28+/m1/s1. The Morgan fingerprint density at radius 2 is 1.96 bits per heavy atom. The summed E-state index contributed by atoms with van der Waals surface area (Å²) in [5.74, 6) is -2.24. The van der Waals surface area contributed by atoms with Crippen molar-refractivity contribution in [1.29, 1.82) is 5.26 Å². The van der Waals surface area contributed by atoms with Crippen molar-refractivity contribution in [2.75, 3.05) is 6.61 Å². The van der Waals surface area contributed by atoms with Gasteiger partial charge in [0.15, 0.2) is 5.69 Å². The molecular formula is C31H31FN8O6. The number of ether oxygens (including phenoxy) is 1. The molecule has 14 nitrogen and oxygen atoms in total. The highest BCUT2D eigenvalue weighted by Crippen LogP contribution is 2.18. The van der Waals surface area contributed by atoms with E-state index in [9.17, 15) is 29.1 Å². The van der Waals surface area contributed by atoms with Gasteiger partial charge in [0.05, 0.1) is 6.10 Å². The first-order valence-electron chi connectivity index (χ1n) is 14.0. The molecule has 2 heterocycles. The molecule has 0 fully saturated rings. The number of aliphatic hydroxyl groups excluding tert-OH is 1. The maximum Gasteiger partial charge on any atom is 0.274 e. The van der Waals surface area contributed by atoms with E-state index in [-0.39, 0.29) is 23.5 Å². The third-order valence-electron chi connectivity index (χ3n) is 6.56. The molecule has 46 heavy (non-hydrogen) atoms. The zero-order chi connectivity index (χ0) is 33.2. The van der Waals surface area contributed by atoms with E-state index in [4.69, 9.17) is 9.26 Å². The second-order valence-corrected chi connectivity index (χ2v) is 10.3. The Morgan fingerprint density at radius 1 is 1.15 bits per heavy atom. The fourth-order valence-corrected chi connectivity index (χ4v) is 4.15. The number of hydrogen-bond donors (Lipinski definition) is 4. The molecule has 0 aliphatic heterocycles. The Labute approximate surface area is 262 Å². The minimum absolute atomic E-state index is 0.106. The van der Waals surface area contributed by atoms with E-state index in [0.717, 1.165) is 0 Å². The summed E-state index contributed by atoms with van der Waals surface area (Å²) in [4.78, 5) is 43.1. The number of aliphatic hydroxyl groups is 1. The lowest BCUT2D eigenvalue weighted by molar-refractivity contribution is -0.132. The quantitative estimate of drug-likeness (QED) is 0.158. The molecule has 2 aromatic carbocycles. The van der Waals surface area contributed by atoms with Crippen LogP contribution in [-0.2, 0) is 16.1 Å². The van der Waals surface area contributed by atoms with Crippen LogP contribution in [0.3, 0.4) is 0 Å². The van der Waals surface area contributed by atoms with E-state index in [1.807, 2.05) is 6.07 Å². The Balaban J connectivity index is 1.51. The average molecular weight is 631 g/mol. The first-order valence-corrected chi connectivity index (χ1v) is 14.0. The topological polar surface area (TPSA) is 197 Å². The van der Waals surface area contributed by atoms with Crippen molar-refractivity contribution in [2.24, 2.45) is 0 Å². The number of hydrogen-bond acceptors (Lipinski definition) is 10. The molecule has 4 rings (SSSR count). The van der Waals surface area contributed by atoms with Gasteiger partial charge in [0.2, 0.25) is 11.8 Å². The smallest absolute Gasteiger partial charge is 0.274 e. The highest BCUT2D eigenvalue weighted by Gasteiger charge is 2.31. The predicted octanol–water partition coefficient (Wildman–Crippen LogP) is 1.90. The van der Waals surface area contributed by atoms with Gasteiger partial charge in [-0.3, -0.25) is 14.4 Å². The van der Waals surface area contributed by atoms with Crippen LogP contribution in [-0.4, -0.2) is 67.5 Å². The van der Waals surface area contributed by atoms with Crippen molar-refractivity contribution in [3.63, 3.8) is 0 Å². The van der Waals surface area contributed by atoms with Gasteiger partial charge in [-0.1, -0.05) is 29.4 Å². The number of nitriles is 1. The Morgan fingerprint density at radius 3 is 2.61 bits per heavy atom. The summed E-state index contributed by atoms with van der Waals surface area (Å²) < 4.78 is 26.5. The molecule has 0 saturated carbocycles. The van der Waals surface area contributed by atoms with Gasteiger partial charge in [0, 0.05) is 18.2 Å². The predicted molar refractivity (Wildman–Crippen MR) is 161 cm³/mol. The van der Waals surface area contributed by atoms with Crippen molar-refractivity contribution in [3.05, 3.63) is 95.1 Å². The van der Waals surface area contributed by atoms with Crippen molar-refractivity contribution in [2.45, 2.75) is 45.5 Å². The van der Waals surface area contributed by atoms with Crippen LogP contribution in [0.2, 0.25) is 0 Å². The number of nitrogens with zero attached hydrogens (tertiary/aromatic N) is 5. The van der Waals surface area contributed by atoms with Gasteiger partial charge in [0.25, 0.3) is 5.91 Å². The van der Waals surface area contributed by atoms with Gasteiger partial charge in [-0.2, -0.15) is 10.4 Å². The first kappa shape index (κ1) is 33.0. The van der Waals surface area contributed by atoms with Crippen LogP contribution >= 0.6 is 0 Å². The van der Waals surface area contributed by atoms with Crippen LogP contribution in [0.4, 0.5) is 4.39 Å². The number of halogens is 1. The number of benzene rings is 2. The molecule has 0 spiro atoms. The third kappa shape index (κ3) is 8.83. The molecule has 3 atom stereocenters. The van der Waals surface area contributed by atoms with Crippen LogP contribution in [0, 0.1) is 31.0 Å². The van der Waals surface area contributed by atoms with Crippen molar-refractivity contribution in [1.82, 2.24) is 35.9 Å². The molecule has 238 valence electrons. The van der Waals surface area contributed by atoms with E-state index in [2.05, 4.69) is 31.2 Å². The monoisotopic (exact) mass is 630 g/mol. The third-order valence-corrected chi connectivity index (χ3v) is 6.56. The minimum atomic E-state index is -1.48. The molecule has 1 unspecified atom stereocenters. The van der Waals surface area contributed by atoms with Crippen LogP contribution in [0.15, 0.2) is 65.7 Å². The summed E-state index contributed by atoms with van der Waals surface area (Å²) in [7, 11) is 0. The molecular weight excluding hydrogens is 599 g/mol. The van der Waals surface area contributed by atoms with Gasteiger partial charge in [0.1, 0.15) is 60.4 Å². The number of nitrogens with one attached hydrogen (secondary N) is 3. The van der Waals surface area contributed by atoms with Crippen LogP contribution in [0.1, 0.15) is 39.9 Å². The lowest BCUT2D eigenvalue weighted by atomic mass is 10.1. The molecule has 15 heteroatoms. The first-order chi connectivity index (χ1) is 22.0. The summed E-state index contributed by atoms with van der Waals surface area (Å²) in [6.45, 7) is 4.03. The van der Waals surface area contributed by atoms with Crippen LogP contribution in [0.5, 0.6) is 5.75 Å². The number of aryl methyl sites for hydroxylation is 2. The molecule has 3 amide bonds. The molecule has 0 radical (unpaired) electrons. The van der Waals surface area contributed by atoms with Crippen molar-refractivity contribution < 1.29 is 33.1 Å². The Hall–Kier alpha value is -5.88. The van der Waals surface area contributed by atoms with Gasteiger partial charge in [-0.15, -0.1) is 0 Å². The molecule has 0 bridgehead atoms. The maximum atomic E-state index is 14.4. The number of amides is 3. The summed E-state index contributed by atoms with van der Waals surface area (Å²) in [5, 5.41) is 34.9. The van der Waals surface area contributed by atoms with E-state index in [1.54, 1.807) is 50.3 Å². The normalized spacial score (nSPS) is 13.2. The van der Waals surface area contributed by atoms with Gasteiger partial charge in [-0.25, -0.2) is 14.1 Å². The second-order valence-electron chi connectivity index (χ2n) is 10.3. The molecule has 0 saturated heterocycles. The lowest BCUT2D eigenvalue weighted by Crippen LogP contribution is -2.58. The van der Waals surface area contributed by atoms with Crippen molar-refractivity contribution >= 4 is 29.5 Å². The van der Waals surface area contributed by atoms with Gasteiger partial charge in [-0.05, 0) is 56.2 Å². The second kappa shape index (κ2) is 15.2. The maximum absolute atomic E-state index is 14.4. The summed E-state index contributed by atoms with van der Waals surface area (Å²) >= 11 is 0. The average Bonchev–Trinajstić information content (AvgIpc) is 3.72. The minimum Gasteiger partial charge on any atom is -0.491 e. The van der Waals surface area contributed by atoms with Gasteiger partial charge < -0.3 is 30.3 Å². The van der Waals surface area contributed by atoms with Gasteiger partial charge >= 0.3 is 0 Å². The number of carbonyl (C=O) groups excluding carboxylic acids is 3. The van der Waals surface area contributed by atoms with E-state index in [0.29, 0.717) is 22.6 Å². The zero-order valence-electron chi connectivity index (χ0n) is 25.1. The number of carbonyl (C=O) groups is 3. The highest BCUT2D eigenvalue weighted by molar-refractivity contribution is 5.97. The number of rotatable bonds is 13. The largest absolute Gasteiger partial charge is 0.491 e. The Bertz CT molecular complexity index is 1760. The number of allylic oxidation sites excluding steroid dienone is 1. The Kier molecular flexibility index (Phi) is 10.9. The molecule has 0 aliphatic carbocycles. The highest BCUT2D eigenvalue weighted by atomic mass is 19.1. The fourth-order valence-electron chi connectivity index (χ4n) is 4.15. The SMILES string of the molecule is Cc1ccc(CNC(=O)C(COc2cccc(C=C(C#N)n3cncn3)c2)NC(=O)[C@@H](NC(=O)c2cc(C)on2)[C@@H](C)O)c(F)c1.